The predicted octanol–water partition coefficient (Wildman–Crippen LogP) is 17.7. The van der Waals surface area contributed by atoms with E-state index in [4.69, 9.17) is 4.74 Å². The fraction of sp³-hybridized carbons (Fsp3) is 0. The molecule has 0 bridgehead atoms. The summed E-state index contributed by atoms with van der Waals surface area (Å²) in [5, 5.41) is 9.70. The van der Waals surface area contributed by atoms with Gasteiger partial charge in [0.15, 0.2) is 0 Å². The Bertz CT molecular complexity index is 3970. The second-order valence-corrected chi connectivity index (χ2v) is 19.0. The van der Waals surface area contributed by atoms with E-state index in [0.717, 1.165) is 66.5 Å². The molecule has 14 aromatic rings. The van der Waals surface area contributed by atoms with Crippen LogP contribution in [0.4, 0.5) is 0 Å². The van der Waals surface area contributed by atoms with Crippen LogP contribution in [0.1, 0.15) is 0 Å². The normalized spacial score (nSPS) is 12.0. The Morgan fingerprint density at radius 1 is 0.277 bits per heavy atom. The molecule has 4 aromatic heterocycles. The molecule has 0 aliphatic rings. The molecule has 0 N–H and O–H groups in total. The summed E-state index contributed by atoms with van der Waals surface area (Å²) in [6.45, 7) is 0. The molecule has 0 radical (unpaired) electrons. The van der Waals surface area contributed by atoms with Crippen LogP contribution in [-0.4, -0.2) is 9.13 Å². The summed E-state index contributed by atoms with van der Waals surface area (Å²) in [4.78, 5) is 0. The summed E-state index contributed by atoms with van der Waals surface area (Å²) in [5.74, 6) is 1.65. The van der Waals surface area contributed by atoms with Crippen LogP contribution in [0.2, 0.25) is 0 Å². The molecule has 5 heteroatoms. The molecule has 0 saturated heterocycles. The monoisotopic (exact) mass is 864 g/mol. The lowest BCUT2D eigenvalue weighted by atomic mass is 10.0. The zero-order valence-electron chi connectivity index (χ0n) is 34.9. The number of para-hydroxylation sites is 2. The third kappa shape index (κ3) is 5.66. The minimum absolute atomic E-state index is 0.825. The summed E-state index contributed by atoms with van der Waals surface area (Å²) in [6.07, 6.45) is 0. The lowest BCUT2D eigenvalue weighted by molar-refractivity contribution is 0.495. The van der Waals surface area contributed by atoms with Gasteiger partial charge >= 0.3 is 0 Å². The molecule has 4 heterocycles. The lowest BCUT2D eigenvalue weighted by Crippen LogP contribution is -1.95. The van der Waals surface area contributed by atoms with E-state index in [-0.39, 0.29) is 0 Å². The summed E-state index contributed by atoms with van der Waals surface area (Å²) in [7, 11) is 0. The van der Waals surface area contributed by atoms with E-state index in [1.54, 1.807) is 0 Å². The highest BCUT2D eigenvalue weighted by Gasteiger charge is 2.21. The van der Waals surface area contributed by atoms with Gasteiger partial charge in [0.25, 0.3) is 0 Å². The highest BCUT2D eigenvalue weighted by Crippen LogP contribution is 2.45. The van der Waals surface area contributed by atoms with Gasteiger partial charge in [-0.05, 0) is 119 Å². The maximum Gasteiger partial charge on any atom is 0.137 e. The van der Waals surface area contributed by atoms with Gasteiger partial charge in [0.1, 0.15) is 11.5 Å². The standard InChI is InChI=1S/C60H36N2OS2/c1-5-21-49-45(19-1)59-51(61(49)41-15-9-13-37(33-41)39-29-31-57-47(35-39)43-17-3-7-27-55(43)64-57)23-11-25-53(59)63-54-26-12-24-52-60(54)46-20-2-6-22-50(46)62(52)42-16-10-14-38(34-42)40-30-32-58-48(36-40)44-18-4-8-28-56(44)65-58/h1-36H. The van der Waals surface area contributed by atoms with Crippen LogP contribution in [0.5, 0.6) is 11.5 Å². The van der Waals surface area contributed by atoms with Crippen LogP contribution in [0, 0.1) is 0 Å². The van der Waals surface area contributed by atoms with E-state index in [2.05, 4.69) is 228 Å². The van der Waals surface area contributed by atoms with Gasteiger partial charge in [0.2, 0.25) is 0 Å². The maximum absolute atomic E-state index is 7.22. The maximum atomic E-state index is 7.22. The molecule has 0 saturated carbocycles. The Morgan fingerprint density at radius 3 is 1.15 bits per heavy atom. The van der Waals surface area contributed by atoms with Crippen molar-refractivity contribution in [2.24, 2.45) is 0 Å². The highest BCUT2D eigenvalue weighted by molar-refractivity contribution is 7.26. The first-order valence-corrected chi connectivity index (χ1v) is 23.6. The highest BCUT2D eigenvalue weighted by atomic mass is 32.1. The van der Waals surface area contributed by atoms with Gasteiger partial charge in [0.05, 0.1) is 32.8 Å². The molecule has 0 atom stereocenters. The van der Waals surface area contributed by atoms with Crippen molar-refractivity contribution >= 4 is 107 Å². The third-order valence-corrected chi connectivity index (χ3v) is 15.5. The summed E-state index contributed by atoms with van der Waals surface area (Å²) in [6, 6.07) is 79.4. The molecule has 0 aliphatic heterocycles. The number of thiophene rings is 2. The molecule has 304 valence electrons. The number of nitrogens with zero attached hydrogens (tertiary/aromatic N) is 2. The molecular formula is C60H36N2OS2. The topological polar surface area (TPSA) is 19.1 Å². The van der Waals surface area contributed by atoms with E-state index in [1.807, 2.05) is 22.7 Å². The van der Waals surface area contributed by atoms with E-state index in [9.17, 15) is 0 Å². The van der Waals surface area contributed by atoms with Crippen molar-refractivity contribution < 1.29 is 4.74 Å². The number of rotatable bonds is 6. The average molecular weight is 865 g/mol. The lowest BCUT2D eigenvalue weighted by Gasteiger charge is -2.12. The van der Waals surface area contributed by atoms with Crippen LogP contribution in [-0.2, 0) is 0 Å². The molecule has 0 amide bonds. The van der Waals surface area contributed by atoms with E-state index >= 15 is 0 Å². The van der Waals surface area contributed by atoms with E-state index < -0.39 is 0 Å². The first-order chi connectivity index (χ1) is 32.2. The van der Waals surface area contributed by atoms with Gasteiger partial charge in [-0.2, -0.15) is 0 Å². The third-order valence-electron chi connectivity index (χ3n) is 13.2. The second-order valence-electron chi connectivity index (χ2n) is 16.8. The smallest absolute Gasteiger partial charge is 0.137 e. The van der Waals surface area contributed by atoms with Crippen molar-refractivity contribution in [3.8, 4) is 45.1 Å². The van der Waals surface area contributed by atoms with Gasteiger partial charge in [0, 0.05) is 62.5 Å². The number of ether oxygens (including phenoxy) is 1. The molecule has 0 unspecified atom stereocenters. The molecule has 10 aromatic carbocycles. The van der Waals surface area contributed by atoms with Crippen LogP contribution < -0.4 is 4.74 Å². The van der Waals surface area contributed by atoms with Gasteiger partial charge in [-0.15, -0.1) is 22.7 Å². The quantitative estimate of drug-likeness (QED) is 0.163. The number of hydrogen-bond donors (Lipinski definition) is 0. The number of fused-ring (bicyclic) bond motifs is 12. The molecule has 65 heavy (non-hydrogen) atoms. The van der Waals surface area contributed by atoms with Gasteiger partial charge in [-0.25, -0.2) is 0 Å². The fourth-order valence-corrected chi connectivity index (χ4v) is 12.5. The van der Waals surface area contributed by atoms with Crippen LogP contribution in [0.25, 0.3) is 118 Å². The first-order valence-electron chi connectivity index (χ1n) is 22.0. The Hall–Kier alpha value is -7.96. The summed E-state index contributed by atoms with van der Waals surface area (Å²) in [5.41, 5.74) is 11.5. The molecule has 14 rings (SSSR count). The van der Waals surface area contributed by atoms with Crippen LogP contribution in [0.15, 0.2) is 218 Å². The van der Waals surface area contributed by atoms with Gasteiger partial charge < -0.3 is 13.9 Å². The minimum Gasteiger partial charge on any atom is -0.456 e. The average Bonchev–Trinajstić information content (AvgIpc) is 4.12. The Labute approximate surface area is 381 Å². The molecule has 0 aliphatic carbocycles. The number of hydrogen-bond acceptors (Lipinski definition) is 3. The molecule has 0 spiro atoms. The van der Waals surface area contributed by atoms with Crippen LogP contribution >= 0.6 is 22.7 Å². The van der Waals surface area contributed by atoms with Gasteiger partial charge in [-0.3, -0.25) is 0 Å². The van der Waals surface area contributed by atoms with Crippen molar-refractivity contribution in [2.45, 2.75) is 0 Å². The van der Waals surface area contributed by atoms with Crippen molar-refractivity contribution in [3.63, 3.8) is 0 Å². The minimum atomic E-state index is 0.825. The van der Waals surface area contributed by atoms with Crippen molar-refractivity contribution in [3.05, 3.63) is 218 Å². The summed E-state index contributed by atoms with van der Waals surface area (Å²) >= 11 is 3.71. The SMILES string of the molecule is c1cc(-c2ccc3sc4ccccc4c3c2)cc(-n2c3ccccc3c3c(Oc4cccc5c4c4ccccc4n5-c4cccc(-c5ccc6sc7ccccc7c6c5)c4)cccc32)c1. The van der Waals surface area contributed by atoms with E-state index in [1.165, 1.54) is 62.6 Å². The zero-order chi connectivity index (χ0) is 42.6. The van der Waals surface area contributed by atoms with Crippen molar-refractivity contribution in [2.75, 3.05) is 0 Å². The largest absolute Gasteiger partial charge is 0.456 e. The summed E-state index contributed by atoms with van der Waals surface area (Å²) < 4.78 is 17.3. The first kappa shape index (κ1) is 36.5. The van der Waals surface area contributed by atoms with Gasteiger partial charge in [-0.1, -0.05) is 121 Å². The number of benzene rings is 10. The number of aromatic nitrogens is 2. The Kier molecular flexibility index (Phi) is 8.02. The predicted molar refractivity (Wildman–Crippen MR) is 278 cm³/mol. The van der Waals surface area contributed by atoms with Crippen molar-refractivity contribution in [1.29, 1.82) is 0 Å². The Morgan fingerprint density at radius 2 is 0.662 bits per heavy atom. The van der Waals surface area contributed by atoms with E-state index in [0.29, 0.717) is 0 Å². The molecular weight excluding hydrogens is 829 g/mol. The van der Waals surface area contributed by atoms with Crippen LogP contribution in [0.3, 0.4) is 0 Å². The second kappa shape index (κ2) is 14.3. The molecule has 3 nitrogen and oxygen atoms in total. The zero-order valence-corrected chi connectivity index (χ0v) is 36.5. The Balaban J connectivity index is 0.888. The molecule has 0 fully saturated rings. The fourth-order valence-electron chi connectivity index (χ4n) is 10.3. The van der Waals surface area contributed by atoms with Crippen molar-refractivity contribution in [1.82, 2.24) is 9.13 Å².